The largest absolute Gasteiger partial charge is 0.453 e. The van der Waals surface area contributed by atoms with Gasteiger partial charge >= 0.3 is 6.18 Å². The van der Waals surface area contributed by atoms with Crippen LogP contribution in [0.3, 0.4) is 0 Å². The number of hydrogen-bond donors (Lipinski definition) is 0. The Morgan fingerprint density at radius 1 is 0.975 bits per heavy atom. The molecule has 6 aromatic rings. The second-order valence-electron chi connectivity index (χ2n) is 9.28. The first kappa shape index (κ1) is 25.6. The van der Waals surface area contributed by atoms with Gasteiger partial charge in [-0.1, -0.05) is 35.9 Å². The Morgan fingerprint density at radius 2 is 1.73 bits per heavy atom. The Balaban J connectivity index is 1.51. The van der Waals surface area contributed by atoms with Gasteiger partial charge in [0.05, 0.1) is 28.4 Å². The summed E-state index contributed by atoms with van der Waals surface area (Å²) in [6.07, 6.45) is -3.08. The molecular weight excluding hydrogens is 541 g/mol. The molecule has 10 heteroatoms. The Bertz CT molecular complexity index is 2020. The Morgan fingerprint density at radius 3 is 2.52 bits per heavy atom. The SMILES string of the molecule is Cc1cc(C=Nn2c(-c3cc4cc(Cl)ccc4o3)nc3ccccc3c2=O)c(C)n1-c1ccccc1C(F)(F)F. The number of para-hydroxylation sites is 2. The molecule has 0 aliphatic carbocycles. The van der Waals surface area contributed by atoms with Crippen LogP contribution < -0.4 is 5.56 Å². The van der Waals surface area contributed by atoms with Crippen LogP contribution in [0.2, 0.25) is 5.02 Å². The number of aryl methyl sites for hydroxylation is 1. The number of alkyl halides is 3. The van der Waals surface area contributed by atoms with Crippen molar-refractivity contribution in [3.8, 4) is 17.3 Å². The van der Waals surface area contributed by atoms with Crippen LogP contribution >= 0.6 is 11.6 Å². The third-order valence-electron chi connectivity index (χ3n) is 6.69. The number of rotatable bonds is 4. The minimum absolute atomic E-state index is 0.0100. The molecule has 0 aliphatic rings. The monoisotopic (exact) mass is 560 g/mol. The quantitative estimate of drug-likeness (QED) is 0.207. The molecule has 40 heavy (non-hydrogen) atoms. The molecule has 3 aromatic carbocycles. The summed E-state index contributed by atoms with van der Waals surface area (Å²) in [4.78, 5) is 18.2. The Kier molecular flexibility index (Phi) is 6.11. The number of nitrogens with zero attached hydrogens (tertiary/aromatic N) is 4. The van der Waals surface area contributed by atoms with Crippen molar-refractivity contribution in [1.29, 1.82) is 0 Å². The minimum Gasteiger partial charge on any atom is -0.453 e. The Labute approximate surface area is 230 Å². The molecule has 0 spiro atoms. The van der Waals surface area contributed by atoms with Crippen LogP contribution in [0.15, 0.2) is 93.2 Å². The van der Waals surface area contributed by atoms with Crippen molar-refractivity contribution in [2.45, 2.75) is 20.0 Å². The van der Waals surface area contributed by atoms with E-state index < -0.39 is 17.3 Å². The zero-order chi connectivity index (χ0) is 28.2. The van der Waals surface area contributed by atoms with Crippen molar-refractivity contribution in [3.63, 3.8) is 0 Å². The van der Waals surface area contributed by atoms with Crippen molar-refractivity contribution in [2.24, 2.45) is 5.10 Å². The molecular formula is C30H20ClF3N4O2. The predicted molar refractivity (Wildman–Crippen MR) is 149 cm³/mol. The van der Waals surface area contributed by atoms with Crippen LogP contribution in [0.25, 0.3) is 39.1 Å². The van der Waals surface area contributed by atoms with Gasteiger partial charge in [0.15, 0.2) is 5.76 Å². The fraction of sp³-hybridized carbons (Fsp3) is 0.100. The average molecular weight is 561 g/mol. The molecule has 200 valence electrons. The molecule has 0 atom stereocenters. The number of aromatic nitrogens is 3. The van der Waals surface area contributed by atoms with E-state index in [9.17, 15) is 18.0 Å². The van der Waals surface area contributed by atoms with Gasteiger partial charge in [0.25, 0.3) is 5.56 Å². The molecule has 0 amide bonds. The van der Waals surface area contributed by atoms with E-state index in [0.717, 1.165) is 16.1 Å². The van der Waals surface area contributed by atoms with Crippen molar-refractivity contribution in [3.05, 3.63) is 117 Å². The molecule has 0 bridgehead atoms. The van der Waals surface area contributed by atoms with E-state index in [4.69, 9.17) is 16.0 Å². The van der Waals surface area contributed by atoms with Crippen LogP contribution in [0.1, 0.15) is 22.5 Å². The number of fused-ring (bicyclic) bond motifs is 2. The van der Waals surface area contributed by atoms with E-state index >= 15 is 0 Å². The first-order valence-electron chi connectivity index (χ1n) is 12.2. The minimum atomic E-state index is -4.52. The second kappa shape index (κ2) is 9.53. The number of furan rings is 1. The lowest BCUT2D eigenvalue weighted by molar-refractivity contribution is -0.137. The van der Waals surface area contributed by atoms with E-state index in [1.54, 1.807) is 74.5 Å². The van der Waals surface area contributed by atoms with Gasteiger partial charge in [0.1, 0.15) is 5.58 Å². The van der Waals surface area contributed by atoms with Crippen molar-refractivity contribution < 1.29 is 17.6 Å². The maximum absolute atomic E-state index is 13.7. The smallest absolute Gasteiger partial charge is 0.418 e. The molecule has 0 aliphatic heterocycles. The molecule has 3 heterocycles. The molecule has 0 saturated carbocycles. The summed E-state index contributed by atoms with van der Waals surface area (Å²) in [6.45, 7) is 3.42. The van der Waals surface area contributed by atoms with Crippen molar-refractivity contribution >= 4 is 39.7 Å². The second-order valence-corrected chi connectivity index (χ2v) is 9.72. The van der Waals surface area contributed by atoms with Gasteiger partial charge in [-0.05, 0) is 68.4 Å². The molecule has 3 aromatic heterocycles. The lowest BCUT2D eigenvalue weighted by Crippen LogP contribution is -2.20. The third-order valence-corrected chi connectivity index (χ3v) is 6.92. The van der Waals surface area contributed by atoms with E-state index in [-0.39, 0.29) is 11.5 Å². The van der Waals surface area contributed by atoms with Crippen LogP contribution in [-0.2, 0) is 6.18 Å². The van der Waals surface area contributed by atoms with Crippen LogP contribution in [0.4, 0.5) is 13.2 Å². The van der Waals surface area contributed by atoms with Gasteiger partial charge < -0.3 is 8.98 Å². The molecule has 0 radical (unpaired) electrons. The first-order chi connectivity index (χ1) is 19.1. The van der Waals surface area contributed by atoms with Gasteiger partial charge in [0, 0.05) is 27.4 Å². The number of benzene rings is 3. The lowest BCUT2D eigenvalue weighted by Gasteiger charge is -2.16. The van der Waals surface area contributed by atoms with Crippen LogP contribution in [0, 0.1) is 13.8 Å². The fourth-order valence-electron chi connectivity index (χ4n) is 4.83. The summed E-state index contributed by atoms with van der Waals surface area (Å²) >= 11 is 6.13. The highest BCUT2D eigenvalue weighted by atomic mass is 35.5. The molecule has 0 fully saturated rings. The molecule has 6 nitrogen and oxygen atoms in total. The van der Waals surface area contributed by atoms with Gasteiger partial charge in [-0.2, -0.15) is 22.9 Å². The van der Waals surface area contributed by atoms with Gasteiger partial charge in [-0.3, -0.25) is 4.79 Å². The van der Waals surface area contributed by atoms with Crippen molar-refractivity contribution in [1.82, 2.24) is 14.2 Å². The van der Waals surface area contributed by atoms with E-state index in [1.807, 2.05) is 0 Å². The summed E-state index contributed by atoms with van der Waals surface area (Å²) < 4.78 is 49.9. The summed E-state index contributed by atoms with van der Waals surface area (Å²) in [5.41, 5.74) is 1.51. The summed E-state index contributed by atoms with van der Waals surface area (Å²) in [5, 5.41) is 6.08. The molecule has 6 rings (SSSR count). The highest BCUT2D eigenvalue weighted by Gasteiger charge is 2.34. The standard InChI is InChI=1S/C30H20ClF3N4O2/c1-17-13-20(18(2)37(17)25-10-6-4-8-23(25)30(32,33)34)16-35-38-28(36-24-9-5-3-7-22(24)29(38)39)27-15-19-14-21(31)11-12-26(19)40-27/h3-16H,1-2H3. The van der Waals surface area contributed by atoms with E-state index in [2.05, 4.69) is 10.1 Å². The maximum Gasteiger partial charge on any atom is 0.418 e. The van der Waals surface area contributed by atoms with Crippen molar-refractivity contribution in [2.75, 3.05) is 0 Å². The third kappa shape index (κ3) is 4.38. The zero-order valence-electron chi connectivity index (χ0n) is 21.2. The highest BCUT2D eigenvalue weighted by Crippen LogP contribution is 2.35. The normalized spacial score (nSPS) is 12.2. The maximum atomic E-state index is 13.7. The summed E-state index contributed by atoms with van der Waals surface area (Å²) in [5.74, 6) is 0.477. The molecule has 0 unspecified atom stereocenters. The number of hydrogen-bond acceptors (Lipinski definition) is 4. The Hall–Kier alpha value is -4.63. The van der Waals surface area contributed by atoms with E-state index in [1.165, 1.54) is 22.9 Å². The predicted octanol–water partition coefficient (Wildman–Crippen LogP) is 7.77. The van der Waals surface area contributed by atoms with Gasteiger partial charge in [-0.25, -0.2) is 4.98 Å². The summed E-state index contributed by atoms with van der Waals surface area (Å²) in [7, 11) is 0. The van der Waals surface area contributed by atoms with E-state index in [0.29, 0.717) is 44.2 Å². The van der Waals surface area contributed by atoms with Crippen LogP contribution in [0.5, 0.6) is 0 Å². The number of halogens is 4. The fourth-order valence-corrected chi connectivity index (χ4v) is 5.01. The topological polar surface area (TPSA) is 65.3 Å². The first-order valence-corrected chi connectivity index (χ1v) is 12.6. The van der Waals surface area contributed by atoms with Gasteiger partial charge in [0.2, 0.25) is 5.82 Å². The van der Waals surface area contributed by atoms with Gasteiger partial charge in [-0.15, -0.1) is 0 Å². The summed E-state index contributed by atoms with van der Waals surface area (Å²) in [6, 6.07) is 20.9. The molecule has 0 N–H and O–H groups in total. The lowest BCUT2D eigenvalue weighted by atomic mass is 10.1. The highest BCUT2D eigenvalue weighted by molar-refractivity contribution is 6.31. The molecule has 0 saturated heterocycles. The van der Waals surface area contributed by atoms with Crippen LogP contribution in [-0.4, -0.2) is 20.4 Å². The zero-order valence-corrected chi connectivity index (χ0v) is 22.0. The average Bonchev–Trinajstić information content (AvgIpc) is 3.46.